The highest BCUT2D eigenvalue weighted by atomic mass is 19.1. The summed E-state index contributed by atoms with van der Waals surface area (Å²) in [6.45, 7) is 0. The quantitative estimate of drug-likeness (QED) is 0.768. The van der Waals surface area contributed by atoms with Gasteiger partial charge in [-0.15, -0.1) is 0 Å². The molecule has 96 valence electrons. The highest BCUT2D eigenvalue weighted by Gasteiger charge is 2.10. The fourth-order valence-corrected chi connectivity index (χ4v) is 2.07. The van der Waals surface area contributed by atoms with Gasteiger partial charge < -0.3 is 10.5 Å². The first kappa shape index (κ1) is 11.5. The van der Waals surface area contributed by atoms with Crippen molar-refractivity contribution in [1.29, 1.82) is 0 Å². The van der Waals surface area contributed by atoms with E-state index in [-0.39, 0.29) is 5.82 Å². The molecular weight excluding hydrogens is 245 g/mol. The number of halogens is 1. The van der Waals surface area contributed by atoms with Gasteiger partial charge in [0.2, 0.25) is 5.95 Å². The Hall–Kier alpha value is -2.56. The predicted octanol–water partition coefficient (Wildman–Crippen LogP) is 2.76. The lowest BCUT2D eigenvalue weighted by Crippen LogP contribution is -2.00. The minimum absolute atomic E-state index is 0.317. The first-order valence-electron chi connectivity index (χ1n) is 5.77. The van der Waals surface area contributed by atoms with Gasteiger partial charge in [-0.2, -0.15) is 0 Å². The van der Waals surface area contributed by atoms with Crippen LogP contribution in [-0.2, 0) is 0 Å². The van der Waals surface area contributed by atoms with E-state index in [1.54, 1.807) is 17.7 Å². The molecule has 0 fully saturated rings. The number of methoxy groups -OCH3 is 1. The van der Waals surface area contributed by atoms with E-state index < -0.39 is 0 Å². The van der Waals surface area contributed by atoms with Crippen molar-refractivity contribution in [2.75, 3.05) is 12.8 Å². The maximum atomic E-state index is 13.4. The van der Waals surface area contributed by atoms with Gasteiger partial charge in [-0.05, 0) is 36.4 Å². The second-order valence-electron chi connectivity index (χ2n) is 4.14. The summed E-state index contributed by atoms with van der Waals surface area (Å²) in [5.41, 5.74) is 8.02. The molecule has 0 aliphatic heterocycles. The second kappa shape index (κ2) is 4.28. The second-order valence-corrected chi connectivity index (χ2v) is 4.14. The molecule has 4 nitrogen and oxygen atoms in total. The van der Waals surface area contributed by atoms with Gasteiger partial charge in [0.05, 0.1) is 18.1 Å². The summed E-state index contributed by atoms with van der Waals surface area (Å²) in [4.78, 5) is 4.22. The zero-order valence-corrected chi connectivity index (χ0v) is 10.3. The first-order valence-corrected chi connectivity index (χ1v) is 5.77. The molecule has 0 spiro atoms. The molecule has 0 unspecified atom stereocenters. The van der Waals surface area contributed by atoms with Crippen LogP contribution in [0.5, 0.6) is 5.75 Å². The minimum Gasteiger partial charge on any atom is -0.497 e. The van der Waals surface area contributed by atoms with Crippen molar-refractivity contribution in [1.82, 2.24) is 9.55 Å². The van der Waals surface area contributed by atoms with Crippen LogP contribution in [-0.4, -0.2) is 16.7 Å². The molecule has 0 amide bonds. The van der Waals surface area contributed by atoms with E-state index in [9.17, 15) is 4.39 Å². The third kappa shape index (κ3) is 1.89. The number of anilines is 1. The maximum absolute atomic E-state index is 13.4. The van der Waals surface area contributed by atoms with Crippen molar-refractivity contribution < 1.29 is 9.13 Å². The van der Waals surface area contributed by atoms with Crippen molar-refractivity contribution in [3.8, 4) is 11.4 Å². The van der Waals surface area contributed by atoms with Gasteiger partial charge in [-0.3, -0.25) is 4.57 Å². The molecule has 0 atom stereocenters. The summed E-state index contributed by atoms with van der Waals surface area (Å²) in [7, 11) is 1.60. The Morgan fingerprint density at radius 2 is 1.89 bits per heavy atom. The van der Waals surface area contributed by atoms with Crippen molar-refractivity contribution >= 4 is 17.0 Å². The Morgan fingerprint density at radius 3 is 2.58 bits per heavy atom. The highest BCUT2D eigenvalue weighted by molar-refractivity contribution is 5.80. The van der Waals surface area contributed by atoms with E-state index in [0.717, 1.165) is 11.4 Å². The third-order valence-electron chi connectivity index (χ3n) is 2.97. The van der Waals surface area contributed by atoms with Crippen LogP contribution in [0.15, 0.2) is 42.5 Å². The molecule has 19 heavy (non-hydrogen) atoms. The number of benzene rings is 2. The van der Waals surface area contributed by atoms with Gasteiger partial charge in [0.1, 0.15) is 11.6 Å². The number of rotatable bonds is 2. The lowest BCUT2D eigenvalue weighted by Gasteiger charge is -2.07. The molecule has 3 aromatic rings. The molecule has 0 saturated heterocycles. The van der Waals surface area contributed by atoms with Crippen LogP contribution in [0.1, 0.15) is 0 Å². The number of aromatic nitrogens is 2. The number of ether oxygens (including phenoxy) is 1. The van der Waals surface area contributed by atoms with E-state index in [4.69, 9.17) is 10.5 Å². The Bertz CT molecular complexity index is 734. The molecule has 1 heterocycles. The molecule has 0 aliphatic rings. The van der Waals surface area contributed by atoms with Crippen molar-refractivity contribution in [3.05, 3.63) is 48.3 Å². The zero-order chi connectivity index (χ0) is 13.4. The number of nitrogens with two attached hydrogens (primary N) is 1. The third-order valence-corrected chi connectivity index (χ3v) is 2.97. The number of hydrogen-bond acceptors (Lipinski definition) is 3. The molecule has 0 saturated carbocycles. The van der Waals surface area contributed by atoms with Gasteiger partial charge in [-0.25, -0.2) is 9.37 Å². The average molecular weight is 257 g/mol. The molecular formula is C14H12FN3O. The van der Waals surface area contributed by atoms with Gasteiger partial charge in [0.25, 0.3) is 0 Å². The van der Waals surface area contributed by atoms with Crippen LogP contribution in [0.2, 0.25) is 0 Å². The summed E-state index contributed by atoms with van der Waals surface area (Å²) in [6.07, 6.45) is 0. The fraction of sp³-hybridized carbons (Fsp3) is 0.0714. The predicted molar refractivity (Wildman–Crippen MR) is 72.0 cm³/mol. The fourth-order valence-electron chi connectivity index (χ4n) is 2.07. The van der Waals surface area contributed by atoms with Crippen LogP contribution in [0.3, 0.4) is 0 Å². The summed E-state index contributed by atoms with van der Waals surface area (Å²) >= 11 is 0. The Kier molecular flexibility index (Phi) is 2.59. The SMILES string of the molecule is COc1ccc(-n2c(N)nc3ccc(F)cc32)cc1. The lowest BCUT2D eigenvalue weighted by atomic mass is 10.2. The van der Waals surface area contributed by atoms with Crippen LogP contribution in [0.25, 0.3) is 16.7 Å². The van der Waals surface area contributed by atoms with Gasteiger partial charge in [0, 0.05) is 11.8 Å². The maximum Gasteiger partial charge on any atom is 0.205 e. The van der Waals surface area contributed by atoms with E-state index in [2.05, 4.69) is 4.98 Å². The number of imidazole rings is 1. The monoisotopic (exact) mass is 257 g/mol. The smallest absolute Gasteiger partial charge is 0.205 e. The van der Waals surface area contributed by atoms with E-state index in [1.807, 2.05) is 24.3 Å². The average Bonchev–Trinajstić information content (AvgIpc) is 2.74. The number of nitrogen functional groups attached to an aromatic ring is 1. The normalized spacial score (nSPS) is 10.8. The van der Waals surface area contributed by atoms with Crippen LogP contribution >= 0.6 is 0 Å². The summed E-state index contributed by atoms with van der Waals surface area (Å²) in [5, 5.41) is 0. The Balaban J connectivity index is 2.22. The Morgan fingerprint density at radius 1 is 1.16 bits per heavy atom. The Labute approximate surface area is 109 Å². The van der Waals surface area contributed by atoms with Crippen LogP contribution < -0.4 is 10.5 Å². The molecule has 0 bridgehead atoms. The van der Waals surface area contributed by atoms with Crippen molar-refractivity contribution in [3.63, 3.8) is 0 Å². The van der Waals surface area contributed by atoms with Gasteiger partial charge in [-0.1, -0.05) is 0 Å². The molecule has 2 N–H and O–H groups in total. The molecule has 2 aromatic carbocycles. The highest BCUT2D eigenvalue weighted by Crippen LogP contribution is 2.25. The molecule has 3 rings (SSSR count). The summed E-state index contributed by atoms with van der Waals surface area (Å²) in [5.74, 6) is 0.755. The molecule has 5 heteroatoms. The zero-order valence-electron chi connectivity index (χ0n) is 10.3. The molecule has 1 aromatic heterocycles. The van der Waals surface area contributed by atoms with Crippen LogP contribution in [0, 0.1) is 5.82 Å². The standard InChI is InChI=1S/C14H12FN3O/c1-19-11-5-3-10(4-6-11)18-13-8-9(15)2-7-12(13)17-14(18)16/h2-8H,1H3,(H2,16,17). The van der Waals surface area contributed by atoms with E-state index in [0.29, 0.717) is 17.0 Å². The number of nitrogens with zero attached hydrogens (tertiary/aromatic N) is 2. The minimum atomic E-state index is -0.317. The van der Waals surface area contributed by atoms with E-state index >= 15 is 0 Å². The number of hydrogen-bond donors (Lipinski definition) is 1. The largest absolute Gasteiger partial charge is 0.497 e. The van der Waals surface area contributed by atoms with Gasteiger partial charge >= 0.3 is 0 Å². The topological polar surface area (TPSA) is 53.1 Å². The first-order chi connectivity index (χ1) is 9.19. The number of fused-ring (bicyclic) bond motifs is 1. The summed E-state index contributed by atoms with van der Waals surface area (Å²) in [6, 6.07) is 11.7. The van der Waals surface area contributed by atoms with Gasteiger partial charge in [0.15, 0.2) is 0 Å². The molecule has 0 radical (unpaired) electrons. The van der Waals surface area contributed by atoms with Crippen molar-refractivity contribution in [2.24, 2.45) is 0 Å². The summed E-state index contributed by atoms with van der Waals surface area (Å²) < 4.78 is 20.2. The lowest BCUT2D eigenvalue weighted by molar-refractivity contribution is 0.415. The molecule has 0 aliphatic carbocycles. The van der Waals surface area contributed by atoms with E-state index in [1.165, 1.54) is 12.1 Å². The van der Waals surface area contributed by atoms with Crippen molar-refractivity contribution in [2.45, 2.75) is 0 Å². The van der Waals surface area contributed by atoms with Crippen LogP contribution in [0.4, 0.5) is 10.3 Å².